The Balaban J connectivity index is 1.90. The highest BCUT2D eigenvalue weighted by Crippen LogP contribution is 2.11. The molecule has 0 spiro atoms. The number of aromatic nitrogens is 4. The summed E-state index contributed by atoms with van der Waals surface area (Å²) >= 11 is 1.61. The van der Waals surface area contributed by atoms with E-state index in [2.05, 4.69) is 25.2 Å². The maximum Gasteiger partial charge on any atom is 0.240 e. The summed E-state index contributed by atoms with van der Waals surface area (Å²) in [5.41, 5.74) is 0. The quantitative estimate of drug-likeness (QED) is 0.803. The molecule has 0 amide bonds. The van der Waals surface area contributed by atoms with Crippen LogP contribution in [0.1, 0.15) is 28.7 Å². The summed E-state index contributed by atoms with van der Waals surface area (Å²) in [4.78, 5) is 6.34. The van der Waals surface area contributed by atoms with Crippen LogP contribution in [0.15, 0.2) is 4.52 Å². The van der Waals surface area contributed by atoms with E-state index in [0.29, 0.717) is 12.4 Å². The van der Waals surface area contributed by atoms with Crippen LogP contribution in [0, 0.1) is 6.92 Å². The minimum absolute atomic E-state index is 0.631. The fourth-order valence-electron chi connectivity index (χ4n) is 1.42. The van der Waals surface area contributed by atoms with Crippen molar-refractivity contribution in [3.8, 4) is 0 Å². The number of nitrogens with zero attached hydrogens (tertiary/aromatic N) is 5. The van der Waals surface area contributed by atoms with E-state index < -0.39 is 0 Å². The van der Waals surface area contributed by atoms with E-state index in [1.54, 1.807) is 11.3 Å². The van der Waals surface area contributed by atoms with Gasteiger partial charge in [-0.3, -0.25) is 4.90 Å². The van der Waals surface area contributed by atoms with Crippen LogP contribution in [0.5, 0.6) is 0 Å². The monoisotopic (exact) mass is 253 g/mol. The van der Waals surface area contributed by atoms with Crippen molar-refractivity contribution in [1.29, 1.82) is 0 Å². The lowest BCUT2D eigenvalue weighted by molar-refractivity contribution is 0.259. The zero-order valence-electron chi connectivity index (χ0n) is 10.2. The van der Waals surface area contributed by atoms with Crippen LogP contribution in [0.25, 0.3) is 0 Å². The van der Waals surface area contributed by atoms with Gasteiger partial charge in [-0.15, -0.1) is 21.5 Å². The lowest BCUT2D eigenvalue weighted by atomic mass is 10.4. The van der Waals surface area contributed by atoms with Crippen LogP contribution in [0.2, 0.25) is 0 Å². The second-order valence-corrected chi connectivity index (χ2v) is 5.11. The first-order valence-electron chi connectivity index (χ1n) is 5.46. The molecule has 0 aromatic carbocycles. The highest BCUT2D eigenvalue weighted by Gasteiger charge is 2.10. The summed E-state index contributed by atoms with van der Waals surface area (Å²) in [6.07, 6.45) is 0.794. The van der Waals surface area contributed by atoms with Gasteiger partial charge in [-0.05, 0) is 14.0 Å². The summed E-state index contributed by atoms with van der Waals surface area (Å²) in [6.45, 7) is 5.33. The molecule has 2 heterocycles. The lowest BCUT2D eigenvalue weighted by Gasteiger charge is -2.10. The van der Waals surface area contributed by atoms with Gasteiger partial charge in [0.2, 0.25) is 5.89 Å². The molecule has 0 bridgehead atoms. The minimum atomic E-state index is 0.631. The molecule has 0 aliphatic carbocycles. The molecular weight excluding hydrogens is 238 g/mol. The van der Waals surface area contributed by atoms with Crippen molar-refractivity contribution < 1.29 is 4.52 Å². The Hall–Kier alpha value is -1.34. The Labute approximate surface area is 104 Å². The SMILES string of the molecule is CCc1noc(CN(C)Cc2nnc(C)s2)n1. The first-order valence-corrected chi connectivity index (χ1v) is 6.28. The molecule has 92 valence electrons. The van der Waals surface area contributed by atoms with Gasteiger partial charge in [0.1, 0.15) is 10.0 Å². The molecule has 0 radical (unpaired) electrons. The predicted molar refractivity (Wildman–Crippen MR) is 63.5 cm³/mol. The average Bonchev–Trinajstić information content (AvgIpc) is 2.88. The molecule has 0 saturated heterocycles. The Bertz CT molecular complexity index is 481. The third-order valence-corrected chi connectivity index (χ3v) is 3.03. The molecule has 0 atom stereocenters. The van der Waals surface area contributed by atoms with Crippen molar-refractivity contribution in [2.75, 3.05) is 7.05 Å². The lowest BCUT2D eigenvalue weighted by Crippen LogP contribution is -2.17. The van der Waals surface area contributed by atoms with Gasteiger partial charge < -0.3 is 4.52 Å². The fourth-order valence-corrected chi connectivity index (χ4v) is 2.21. The van der Waals surface area contributed by atoms with Crippen LogP contribution >= 0.6 is 11.3 Å². The maximum absolute atomic E-state index is 5.13. The molecule has 0 aliphatic heterocycles. The van der Waals surface area contributed by atoms with Gasteiger partial charge in [0.05, 0.1) is 13.1 Å². The predicted octanol–water partition coefficient (Wildman–Crippen LogP) is 1.42. The van der Waals surface area contributed by atoms with Crippen molar-refractivity contribution in [2.24, 2.45) is 0 Å². The summed E-state index contributed by atoms with van der Waals surface area (Å²) in [7, 11) is 1.99. The second kappa shape index (κ2) is 5.33. The van der Waals surface area contributed by atoms with Gasteiger partial charge in [-0.25, -0.2) is 0 Å². The molecule has 0 fully saturated rings. The molecule has 2 aromatic rings. The van der Waals surface area contributed by atoms with Gasteiger partial charge in [-0.1, -0.05) is 12.1 Å². The minimum Gasteiger partial charge on any atom is -0.338 e. The normalized spacial score (nSPS) is 11.3. The van der Waals surface area contributed by atoms with E-state index >= 15 is 0 Å². The third-order valence-electron chi connectivity index (χ3n) is 2.20. The topological polar surface area (TPSA) is 67.9 Å². The zero-order valence-corrected chi connectivity index (χ0v) is 11.0. The summed E-state index contributed by atoms with van der Waals surface area (Å²) in [6, 6.07) is 0. The van der Waals surface area contributed by atoms with Crippen LogP contribution in [0.4, 0.5) is 0 Å². The largest absolute Gasteiger partial charge is 0.338 e. The Morgan fingerprint density at radius 2 is 2.12 bits per heavy atom. The van der Waals surface area contributed by atoms with Gasteiger partial charge in [0.15, 0.2) is 5.82 Å². The fraction of sp³-hybridized carbons (Fsp3) is 0.600. The van der Waals surface area contributed by atoms with Gasteiger partial charge in [0, 0.05) is 6.42 Å². The molecule has 0 saturated carbocycles. The van der Waals surface area contributed by atoms with Crippen LogP contribution < -0.4 is 0 Å². The molecular formula is C10H15N5OS. The molecule has 0 aliphatic rings. The highest BCUT2D eigenvalue weighted by atomic mass is 32.1. The summed E-state index contributed by atoms with van der Waals surface area (Å²) in [5, 5.41) is 13.9. The summed E-state index contributed by atoms with van der Waals surface area (Å²) < 4.78 is 5.13. The highest BCUT2D eigenvalue weighted by molar-refractivity contribution is 7.11. The van der Waals surface area contributed by atoms with Crippen molar-refractivity contribution in [2.45, 2.75) is 33.4 Å². The zero-order chi connectivity index (χ0) is 12.3. The van der Waals surface area contributed by atoms with Crippen molar-refractivity contribution in [3.63, 3.8) is 0 Å². The molecule has 2 aromatic heterocycles. The van der Waals surface area contributed by atoms with Crippen molar-refractivity contribution in [3.05, 3.63) is 21.7 Å². The maximum atomic E-state index is 5.13. The van der Waals surface area contributed by atoms with E-state index in [9.17, 15) is 0 Å². The number of hydrogen-bond donors (Lipinski definition) is 0. The van der Waals surface area contributed by atoms with E-state index in [-0.39, 0.29) is 0 Å². The van der Waals surface area contributed by atoms with E-state index in [1.807, 2.05) is 20.9 Å². The van der Waals surface area contributed by atoms with Gasteiger partial charge >= 0.3 is 0 Å². The van der Waals surface area contributed by atoms with Crippen LogP contribution in [-0.2, 0) is 19.5 Å². The molecule has 0 unspecified atom stereocenters. The first-order chi connectivity index (χ1) is 8.17. The van der Waals surface area contributed by atoms with E-state index in [4.69, 9.17) is 4.52 Å². The van der Waals surface area contributed by atoms with Crippen molar-refractivity contribution in [1.82, 2.24) is 25.2 Å². The van der Waals surface area contributed by atoms with Crippen LogP contribution in [0.3, 0.4) is 0 Å². The third kappa shape index (κ3) is 3.31. The second-order valence-electron chi connectivity index (χ2n) is 3.85. The molecule has 7 heteroatoms. The van der Waals surface area contributed by atoms with E-state index in [1.165, 1.54) is 0 Å². The molecule has 2 rings (SSSR count). The van der Waals surface area contributed by atoms with E-state index in [0.717, 1.165) is 28.8 Å². The smallest absolute Gasteiger partial charge is 0.240 e. The molecule has 17 heavy (non-hydrogen) atoms. The Kier molecular flexibility index (Phi) is 3.80. The first kappa shape index (κ1) is 12.1. The standard InChI is InChI=1S/C10H15N5OS/c1-4-8-11-9(16-14-8)5-15(3)6-10-13-12-7(2)17-10/h4-6H2,1-3H3. The van der Waals surface area contributed by atoms with Crippen LogP contribution in [-0.4, -0.2) is 32.3 Å². The van der Waals surface area contributed by atoms with Gasteiger partial charge in [-0.2, -0.15) is 4.98 Å². The summed E-state index contributed by atoms with van der Waals surface area (Å²) in [5.74, 6) is 1.39. The Morgan fingerprint density at radius 3 is 2.71 bits per heavy atom. The Morgan fingerprint density at radius 1 is 1.29 bits per heavy atom. The van der Waals surface area contributed by atoms with Gasteiger partial charge in [0.25, 0.3) is 0 Å². The number of rotatable bonds is 5. The average molecular weight is 253 g/mol. The number of aryl methyl sites for hydroxylation is 2. The van der Waals surface area contributed by atoms with Crippen molar-refractivity contribution >= 4 is 11.3 Å². The number of hydrogen-bond acceptors (Lipinski definition) is 7. The molecule has 0 N–H and O–H groups in total. The molecule has 6 nitrogen and oxygen atoms in total.